The maximum absolute atomic E-state index is 11.5. The zero-order chi connectivity index (χ0) is 25.5. The first-order chi connectivity index (χ1) is 15.5. The molecule has 3 heterocycles. The molecule has 0 aromatic rings. The summed E-state index contributed by atoms with van der Waals surface area (Å²) in [6.45, 7) is 24.1. The normalized spacial score (nSPS) is 31.8. The van der Waals surface area contributed by atoms with Crippen molar-refractivity contribution in [1.29, 1.82) is 0 Å². The minimum Gasteiger partial charge on any atom is -0.454 e. The summed E-state index contributed by atoms with van der Waals surface area (Å²) in [5.74, 6) is -0.184. The SMILES string of the molecule is CC(C)(C)[Si](C)(C)OC[C@@H](O[Si](C)(C)C(C)(C)C)[C@H]1CC[C@H]([C@H]2CC[C@H]([C@@H]3C=CC(=O)O3)S2)S1. The zero-order valence-electron chi connectivity index (χ0n) is 23.1. The maximum atomic E-state index is 11.5. The van der Waals surface area contributed by atoms with Gasteiger partial charge in [-0.3, -0.25) is 0 Å². The van der Waals surface area contributed by atoms with Crippen LogP contribution in [0.3, 0.4) is 0 Å². The van der Waals surface area contributed by atoms with Crippen molar-refractivity contribution in [2.75, 3.05) is 6.61 Å². The Labute approximate surface area is 219 Å². The third-order valence-electron chi connectivity index (χ3n) is 8.71. The summed E-state index contributed by atoms with van der Waals surface area (Å²) < 4.78 is 19.3. The van der Waals surface area contributed by atoms with Gasteiger partial charge in [-0.15, -0.1) is 11.8 Å². The van der Waals surface area contributed by atoms with Crippen molar-refractivity contribution in [1.82, 2.24) is 0 Å². The predicted octanol–water partition coefficient (Wildman–Crippen LogP) is 7.41. The highest BCUT2D eigenvalue weighted by atomic mass is 32.2. The van der Waals surface area contributed by atoms with E-state index < -0.39 is 16.6 Å². The fourth-order valence-corrected chi connectivity index (χ4v) is 10.4. The molecule has 0 unspecified atom stereocenters. The van der Waals surface area contributed by atoms with Crippen LogP contribution in [0.15, 0.2) is 12.2 Å². The number of thioether (sulfide) groups is 2. The molecule has 6 atom stereocenters. The molecule has 8 heteroatoms. The third-order valence-corrected chi connectivity index (χ3v) is 21.5. The van der Waals surface area contributed by atoms with Gasteiger partial charge in [0.2, 0.25) is 0 Å². The van der Waals surface area contributed by atoms with E-state index in [4.69, 9.17) is 13.6 Å². The third kappa shape index (κ3) is 6.77. The van der Waals surface area contributed by atoms with Crippen molar-refractivity contribution in [2.45, 2.75) is 137 Å². The van der Waals surface area contributed by atoms with Crippen LogP contribution in [0.2, 0.25) is 36.3 Å². The Bertz CT molecular complexity index is 757. The Morgan fingerprint density at radius 1 is 0.912 bits per heavy atom. The monoisotopic (exact) mass is 544 g/mol. The molecule has 0 amide bonds. The first-order valence-corrected chi connectivity index (χ1v) is 20.7. The van der Waals surface area contributed by atoms with E-state index >= 15 is 0 Å². The van der Waals surface area contributed by atoms with E-state index in [9.17, 15) is 4.79 Å². The molecule has 2 fully saturated rings. The van der Waals surface area contributed by atoms with Gasteiger partial charge in [0.1, 0.15) is 6.10 Å². The molecule has 0 saturated carbocycles. The van der Waals surface area contributed by atoms with Gasteiger partial charge < -0.3 is 13.6 Å². The molecule has 0 N–H and O–H groups in total. The largest absolute Gasteiger partial charge is 0.454 e. The van der Waals surface area contributed by atoms with Crippen LogP contribution in [-0.4, -0.2) is 62.4 Å². The number of carbonyl (C=O) groups is 1. The Hall–Kier alpha value is 0.264. The van der Waals surface area contributed by atoms with Gasteiger partial charge in [0, 0.05) is 27.1 Å². The number of hydrogen-bond acceptors (Lipinski definition) is 6. The highest BCUT2D eigenvalue weighted by Gasteiger charge is 2.46. The highest BCUT2D eigenvalue weighted by Crippen LogP contribution is 2.50. The standard InChI is InChI=1S/C26H48O4S2Si2/c1-25(2,3)33(7,8)28-17-19(30-34(9,10)26(4,5)6)21-13-15-23(32-21)22-14-12-20(31-22)18-11-16-24(27)29-18/h11,16,18-23H,12-15,17H2,1-10H3/t18-,19+,20+,21+,22+,23+/m0/s1. The van der Waals surface area contributed by atoms with Gasteiger partial charge in [0.25, 0.3) is 0 Å². The van der Waals surface area contributed by atoms with E-state index in [1.54, 1.807) is 6.08 Å². The molecule has 3 aliphatic rings. The topological polar surface area (TPSA) is 44.8 Å². The van der Waals surface area contributed by atoms with E-state index in [0.29, 0.717) is 21.0 Å². The highest BCUT2D eigenvalue weighted by molar-refractivity contribution is 8.04. The first kappa shape index (κ1) is 28.8. The van der Waals surface area contributed by atoms with E-state index in [-0.39, 0.29) is 28.3 Å². The lowest BCUT2D eigenvalue weighted by atomic mass is 10.0. The van der Waals surface area contributed by atoms with E-state index in [1.807, 2.05) is 6.08 Å². The summed E-state index contributed by atoms with van der Waals surface area (Å²) >= 11 is 4.21. The van der Waals surface area contributed by atoms with Crippen molar-refractivity contribution >= 4 is 46.1 Å². The van der Waals surface area contributed by atoms with Crippen LogP contribution in [-0.2, 0) is 18.4 Å². The quantitative estimate of drug-likeness (QED) is 0.234. The molecule has 0 bridgehead atoms. The minimum atomic E-state index is -1.91. The molecule has 0 aliphatic carbocycles. The number of rotatable bonds is 8. The van der Waals surface area contributed by atoms with Crippen LogP contribution in [0.1, 0.15) is 67.2 Å². The lowest BCUT2D eigenvalue weighted by molar-refractivity contribution is -0.138. The van der Waals surface area contributed by atoms with Crippen molar-refractivity contribution in [2.24, 2.45) is 0 Å². The van der Waals surface area contributed by atoms with E-state index in [1.165, 1.54) is 19.3 Å². The molecule has 0 aromatic heterocycles. The summed E-state index contributed by atoms with van der Waals surface area (Å²) in [7, 11) is -3.74. The molecule has 34 heavy (non-hydrogen) atoms. The number of hydrogen-bond donors (Lipinski definition) is 0. The molecule has 0 aromatic carbocycles. The minimum absolute atomic E-state index is 0.0302. The lowest BCUT2D eigenvalue weighted by Crippen LogP contribution is -2.50. The molecule has 3 aliphatic heterocycles. The maximum Gasteiger partial charge on any atom is 0.331 e. The fourth-order valence-electron chi connectivity index (χ4n) is 4.31. The summed E-state index contributed by atoms with van der Waals surface area (Å²) in [6.07, 6.45) is 8.47. The molecule has 196 valence electrons. The number of carbonyl (C=O) groups excluding carboxylic acids is 1. The second-order valence-electron chi connectivity index (χ2n) is 13.3. The molecule has 3 rings (SSSR count). The van der Waals surface area contributed by atoms with Gasteiger partial charge in [0.15, 0.2) is 16.6 Å². The van der Waals surface area contributed by atoms with Crippen molar-refractivity contribution in [3.05, 3.63) is 12.2 Å². The number of ether oxygens (including phenoxy) is 1. The van der Waals surface area contributed by atoms with Gasteiger partial charge in [-0.05, 0) is 68.0 Å². The van der Waals surface area contributed by atoms with Crippen LogP contribution in [0, 0.1) is 0 Å². The van der Waals surface area contributed by atoms with Gasteiger partial charge in [-0.25, -0.2) is 4.79 Å². The van der Waals surface area contributed by atoms with Crippen LogP contribution in [0.4, 0.5) is 0 Å². The predicted molar refractivity (Wildman–Crippen MR) is 153 cm³/mol. The summed E-state index contributed by atoms with van der Waals surface area (Å²) in [5, 5.41) is 2.59. The van der Waals surface area contributed by atoms with Gasteiger partial charge in [0.05, 0.1) is 12.7 Å². The van der Waals surface area contributed by atoms with Crippen molar-refractivity contribution in [3.8, 4) is 0 Å². The zero-order valence-corrected chi connectivity index (χ0v) is 26.7. The molecular formula is C26H48O4S2Si2. The average Bonchev–Trinajstić information content (AvgIpc) is 3.42. The lowest BCUT2D eigenvalue weighted by Gasteiger charge is -2.43. The Balaban J connectivity index is 1.65. The molecule has 2 saturated heterocycles. The number of esters is 1. The van der Waals surface area contributed by atoms with E-state index in [0.717, 1.165) is 13.0 Å². The molecule has 0 radical (unpaired) electrons. The summed E-state index contributed by atoms with van der Waals surface area (Å²) in [4.78, 5) is 11.5. The van der Waals surface area contributed by atoms with Crippen LogP contribution in [0.25, 0.3) is 0 Å². The van der Waals surface area contributed by atoms with Gasteiger partial charge in [-0.2, -0.15) is 11.8 Å². The summed E-state index contributed by atoms with van der Waals surface area (Å²) in [6, 6.07) is 0. The van der Waals surface area contributed by atoms with Gasteiger partial charge in [-0.1, -0.05) is 41.5 Å². The van der Waals surface area contributed by atoms with Crippen LogP contribution in [0.5, 0.6) is 0 Å². The van der Waals surface area contributed by atoms with Gasteiger partial charge >= 0.3 is 5.97 Å². The Morgan fingerprint density at radius 2 is 1.47 bits per heavy atom. The Morgan fingerprint density at radius 3 is 2.03 bits per heavy atom. The Kier molecular flexibility index (Phi) is 8.95. The fraction of sp³-hybridized carbons (Fsp3) is 0.885. The molecular weight excluding hydrogens is 497 g/mol. The molecule has 0 spiro atoms. The first-order valence-electron chi connectivity index (χ1n) is 13.0. The second kappa shape index (κ2) is 10.6. The van der Waals surface area contributed by atoms with Crippen molar-refractivity contribution in [3.63, 3.8) is 0 Å². The van der Waals surface area contributed by atoms with Crippen LogP contribution < -0.4 is 0 Å². The summed E-state index contributed by atoms with van der Waals surface area (Å²) in [5.41, 5.74) is 0. The molecule has 4 nitrogen and oxygen atoms in total. The number of cyclic esters (lactones) is 1. The van der Waals surface area contributed by atoms with Crippen molar-refractivity contribution < 1.29 is 18.4 Å². The average molecular weight is 545 g/mol. The second-order valence-corrected chi connectivity index (χ2v) is 25.9. The van der Waals surface area contributed by atoms with E-state index in [2.05, 4.69) is 91.3 Å². The smallest absolute Gasteiger partial charge is 0.331 e. The van der Waals surface area contributed by atoms with Crippen LogP contribution >= 0.6 is 23.5 Å².